The number of halogens is 1. The molecule has 0 aliphatic heterocycles. The number of nitrogens with one attached hydrogen (secondary N) is 1. The molecule has 0 aliphatic rings. The predicted molar refractivity (Wildman–Crippen MR) is 64.6 cm³/mol. The van der Waals surface area contributed by atoms with Crippen LogP contribution < -0.4 is 3.53 Å². The van der Waals surface area contributed by atoms with E-state index in [0.717, 1.165) is 17.1 Å². The number of aryl methyl sites for hydroxylation is 2. The number of nitrogens with zero attached hydrogens (tertiary/aromatic N) is 3. The molecule has 0 atom stereocenters. The van der Waals surface area contributed by atoms with E-state index in [2.05, 4.69) is 18.7 Å². The third kappa shape index (κ3) is 2.25. The van der Waals surface area contributed by atoms with Crippen LogP contribution in [-0.2, 0) is 0 Å². The number of rotatable bonds is 2. The molecule has 0 unspecified atom stereocenters. The first kappa shape index (κ1) is 10.3. The summed E-state index contributed by atoms with van der Waals surface area (Å²) in [7, 11) is 0. The molecule has 0 amide bonds. The Kier molecular flexibility index (Phi) is 2.85. The van der Waals surface area contributed by atoms with E-state index in [1.165, 1.54) is 0 Å². The van der Waals surface area contributed by atoms with E-state index < -0.39 is 0 Å². The molecule has 15 heavy (non-hydrogen) atoms. The fraction of sp³-hybridized carbons (Fsp3) is 0.222. The Morgan fingerprint density at radius 1 is 1.27 bits per heavy atom. The molecule has 0 fully saturated rings. The highest BCUT2D eigenvalue weighted by atomic mass is 127. The second-order valence-electron chi connectivity index (χ2n) is 3.11. The van der Waals surface area contributed by atoms with Crippen molar-refractivity contribution >= 4 is 28.7 Å². The first-order valence-electron chi connectivity index (χ1n) is 4.35. The summed E-state index contributed by atoms with van der Waals surface area (Å²) in [4.78, 5) is 8.44. The molecule has 2 heterocycles. The van der Waals surface area contributed by atoms with Gasteiger partial charge >= 0.3 is 0 Å². The maximum atomic E-state index is 4.93. The van der Waals surface area contributed by atoms with Crippen molar-refractivity contribution < 1.29 is 4.52 Å². The standard InChI is InChI=1S/C9H9IN4O/c1-5-3-7(4-8(11-5)13-10)9-12-6(2)15-14-9/h3-4H,1-2H3,(H,11,13). The molecule has 0 saturated carbocycles. The van der Waals surface area contributed by atoms with Crippen molar-refractivity contribution in [2.75, 3.05) is 3.53 Å². The average Bonchev–Trinajstić information content (AvgIpc) is 2.64. The number of hydrogen-bond donors (Lipinski definition) is 1. The molecular formula is C9H9IN4O. The van der Waals surface area contributed by atoms with Crippen molar-refractivity contribution in [3.63, 3.8) is 0 Å². The van der Waals surface area contributed by atoms with Crippen LogP contribution >= 0.6 is 22.9 Å². The molecule has 1 N–H and O–H groups in total. The van der Waals surface area contributed by atoms with Crippen molar-refractivity contribution in [2.24, 2.45) is 0 Å². The van der Waals surface area contributed by atoms with E-state index in [4.69, 9.17) is 4.52 Å². The lowest BCUT2D eigenvalue weighted by Crippen LogP contribution is -1.91. The molecule has 0 bridgehead atoms. The molecule has 2 rings (SSSR count). The van der Waals surface area contributed by atoms with Gasteiger partial charge in [0.1, 0.15) is 5.82 Å². The fourth-order valence-corrected chi connectivity index (χ4v) is 1.54. The number of anilines is 1. The third-order valence-corrected chi connectivity index (χ3v) is 2.39. The molecule has 6 heteroatoms. The Morgan fingerprint density at radius 2 is 2.07 bits per heavy atom. The van der Waals surface area contributed by atoms with Crippen LogP contribution in [0, 0.1) is 13.8 Å². The molecule has 0 aliphatic carbocycles. The summed E-state index contributed by atoms with van der Waals surface area (Å²) in [6.07, 6.45) is 0. The van der Waals surface area contributed by atoms with Gasteiger partial charge in [0.05, 0.1) is 22.9 Å². The highest BCUT2D eigenvalue weighted by Crippen LogP contribution is 2.20. The van der Waals surface area contributed by atoms with E-state index in [1.807, 2.05) is 41.9 Å². The number of hydrogen-bond acceptors (Lipinski definition) is 5. The zero-order chi connectivity index (χ0) is 10.8. The van der Waals surface area contributed by atoms with Crippen LogP contribution in [0.3, 0.4) is 0 Å². The Morgan fingerprint density at radius 3 is 2.67 bits per heavy atom. The van der Waals surface area contributed by atoms with Gasteiger partial charge in [0.25, 0.3) is 0 Å². The van der Waals surface area contributed by atoms with Gasteiger partial charge in [-0.3, -0.25) is 0 Å². The molecule has 0 spiro atoms. The van der Waals surface area contributed by atoms with Gasteiger partial charge in [0.15, 0.2) is 0 Å². The SMILES string of the molecule is Cc1cc(-c2noc(C)n2)cc(NI)n1. The van der Waals surface area contributed by atoms with E-state index in [-0.39, 0.29) is 0 Å². The van der Waals surface area contributed by atoms with Crippen molar-refractivity contribution in [3.05, 3.63) is 23.7 Å². The summed E-state index contributed by atoms with van der Waals surface area (Å²) in [6, 6.07) is 3.80. The van der Waals surface area contributed by atoms with Gasteiger partial charge < -0.3 is 8.05 Å². The monoisotopic (exact) mass is 316 g/mol. The quantitative estimate of drug-likeness (QED) is 0.681. The van der Waals surface area contributed by atoms with Gasteiger partial charge in [0.2, 0.25) is 11.7 Å². The molecular weight excluding hydrogens is 307 g/mol. The van der Waals surface area contributed by atoms with Gasteiger partial charge in [-0.05, 0) is 19.1 Å². The molecule has 0 radical (unpaired) electrons. The summed E-state index contributed by atoms with van der Waals surface area (Å²) in [6.45, 7) is 3.69. The van der Waals surface area contributed by atoms with E-state index in [1.54, 1.807) is 6.92 Å². The Bertz CT molecular complexity index is 483. The van der Waals surface area contributed by atoms with Gasteiger partial charge in [-0.2, -0.15) is 4.98 Å². The minimum absolute atomic E-state index is 0.559. The summed E-state index contributed by atoms with van der Waals surface area (Å²) in [5, 5.41) is 3.86. The second kappa shape index (κ2) is 4.13. The lowest BCUT2D eigenvalue weighted by Gasteiger charge is -2.01. The van der Waals surface area contributed by atoms with Gasteiger partial charge in [-0.25, -0.2) is 4.98 Å². The average molecular weight is 316 g/mol. The summed E-state index contributed by atoms with van der Waals surface area (Å²) < 4.78 is 7.89. The molecule has 5 nitrogen and oxygen atoms in total. The lowest BCUT2D eigenvalue weighted by molar-refractivity contribution is 0.394. The molecule has 78 valence electrons. The normalized spacial score (nSPS) is 10.3. The predicted octanol–water partition coefficient (Wildman–Crippen LogP) is 2.51. The van der Waals surface area contributed by atoms with Crippen molar-refractivity contribution in [1.29, 1.82) is 0 Å². The molecule has 0 aromatic carbocycles. The van der Waals surface area contributed by atoms with Crippen LogP contribution in [0.4, 0.5) is 5.82 Å². The Hall–Kier alpha value is -1.18. The van der Waals surface area contributed by atoms with Crippen LogP contribution in [-0.4, -0.2) is 15.1 Å². The Labute approximate surface area is 101 Å². The maximum absolute atomic E-state index is 4.93. The topological polar surface area (TPSA) is 63.8 Å². The third-order valence-electron chi connectivity index (χ3n) is 1.84. The van der Waals surface area contributed by atoms with E-state index >= 15 is 0 Å². The summed E-state index contributed by atoms with van der Waals surface area (Å²) >= 11 is 2.03. The zero-order valence-corrected chi connectivity index (χ0v) is 10.4. The fourth-order valence-electron chi connectivity index (χ4n) is 1.26. The zero-order valence-electron chi connectivity index (χ0n) is 8.28. The van der Waals surface area contributed by atoms with Crippen LogP contribution in [0.25, 0.3) is 11.4 Å². The van der Waals surface area contributed by atoms with Crippen LogP contribution in [0.5, 0.6) is 0 Å². The van der Waals surface area contributed by atoms with Gasteiger partial charge in [0, 0.05) is 18.2 Å². The van der Waals surface area contributed by atoms with Crippen molar-refractivity contribution in [3.8, 4) is 11.4 Å². The summed E-state index contributed by atoms with van der Waals surface area (Å²) in [5.74, 6) is 1.93. The van der Waals surface area contributed by atoms with Crippen molar-refractivity contribution in [2.45, 2.75) is 13.8 Å². The first-order valence-corrected chi connectivity index (χ1v) is 5.43. The Balaban J connectivity index is 2.48. The van der Waals surface area contributed by atoms with E-state index in [0.29, 0.717) is 11.7 Å². The lowest BCUT2D eigenvalue weighted by atomic mass is 10.2. The van der Waals surface area contributed by atoms with Gasteiger partial charge in [-0.15, -0.1) is 0 Å². The smallest absolute Gasteiger partial charge is 0.223 e. The highest BCUT2D eigenvalue weighted by molar-refractivity contribution is 14.1. The highest BCUT2D eigenvalue weighted by Gasteiger charge is 2.07. The second-order valence-corrected chi connectivity index (χ2v) is 3.65. The van der Waals surface area contributed by atoms with E-state index in [9.17, 15) is 0 Å². The largest absolute Gasteiger partial charge is 0.339 e. The van der Waals surface area contributed by atoms with Crippen molar-refractivity contribution in [1.82, 2.24) is 15.1 Å². The van der Waals surface area contributed by atoms with Crippen LogP contribution in [0.1, 0.15) is 11.6 Å². The molecule has 2 aromatic heterocycles. The van der Waals surface area contributed by atoms with Crippen LogP contribution in [0.2, 0.25) is 0 Å². The molecule has 0 saturated heterocycles. The molecule has 2 aromatic rings. The van der Waals surface area contributed by atoms with Crippen LogP contribution in [0.15, 0.2) is 16.7 Å². The minimum Gasteiger partial charge on any atom is -0.339 e. The number of aromatic nitrogens is 3. The maximum Gasteiger partial charge on any atom is 0.223 e. The summed E-state index contributed by atoms with van der Waals surface area (Å²) in [5.41, 5.74) is 1.81. The first-order chi connectivity index (χ1) is 7.19. The minimum atomic E-state index is 0.559. The number of pyridine rings is 1. The van der Waals surface area contributed by atoms with Gasteiger partial charge in [-0.1, -0.05) is 5.16 Å².